The van der Waals surface area contributed by atoms with E-state index in [1.54, 1.807) is 12.3 Å². The van der Waals surface area contributed by atoms with E-state index in [4.69, 9.17) is 4.42 Å². The third kappa shape index (κ3) is 2.43. The molecule has 2 fully saturated rings. The molecule has 0 spiro atoms. The van der Waals surface area contributed by atoms with Crippen molar-refractivity contribution in [1.29, 1.82) is 0 Å². The lowest BCUT2D eigenvalue weighted by Crippen LogP contribution is -2.46. The molecule has 2 atom stereocenters. The molecule has 0 aromatic carbocycles. The number of piperidine rings is 1. The summed E-state index contributed by atoms with van der Waals surface area (Å²) in [7, 11) is 0. The van der Waals surface area contributed by atoms with Gasteiger partial charge in [-0.1, -0.05) is 6.42 Å². The maximum absolute atomic E-state index is 12.4. The van der Waals surface area contributed by atoms with Gasteiger partial charge < -0.3 is 9.73 Å². The second-order valence-electron chi connectivity index (χ2n) is 6.11. The molecule has 4 heterocycles. The van der Waals surface area contributed by atoms with Gasteiger partial charge >= 0.3 is 0 Å². The van der Waals surface area contributed by atoms with Gasteiger partial charge in [0.2, 0.25) is 0 Å². The van der Waals surface area contributed by atoms with Crippen molar-refractivity contribution >= 4 is 5.91 Å². The molecule has 0 saturated carbocycles. The highest BCUT2D eigenvalue weighted by molar-refractivity contribution is 5.93. The summed E-state index contributed by atoms with van der Waals surface area (Å²) in [6.07, 6.45) is 6.36. The first kappa shape index (κ1) is 13.6. The first-order chi connectivity index (χ1) is 10.8. The average molecular weight is 300 g/mol. The summed E-state index contributed by atoms with van der Waals surface area (Å²) in [5.74, 6) is 0.581. The number of aromatic amines is 1. The van der Waals surface area contributed by atoms with E-state index in [-0.39, 0.29) is 11.9 Å². The smallest absolute Gasteiger partial charge is 0.272 e. The Hall–Kier alpha value is -2.08. The molecule has 2 aliphatic heterocycles. The molecule has 0 bridgehead atoms. The van der Waals surface area contributed by atoms with E-state index in [9.17, 15) is 4.79 Å². The van der Waals surface area contributed by atoms with Gasteiger partial charge in [0.1, 0.15) is 5.69 Å². The van der Waals surface area contributed by atoms with Crippen molar-refractivity contribution in [2.24, 2.45) is 0 Å². The first-order valence-electron chi connectivity index (χ1n) is 7.95. The third-order valence-corrected chi connectivity index (χ3v) is 4.77. The number of nitrogens with one attached hydrogen (secondary N) is 2. The fourth-order valence-electron chi connectivity index (χ4n) is 3.65. The number of hydrogen-bond acceptors (Lipinski definition) is 4. The van der Waals surface area contributed by atoms with E-state index in [1.165, 1.54) is 25.8 Å². The van der Waals surface area contributed by atoms with Gasteiger partial charge in [0.15, 0.2) is 11.5 Å². The van der Waals surface area contributed by atoms with Crippen molar-refractivity contribution in [2.45, 2.75) is 37.8 Å². The predicted molar refractivity (Wildman–Crippen MR) is 81.4 cm³/mol. The van der Waals surface area contributed by atoms with E-state index in [2.05, 4.69) is 20.4 Å². The molecule has 22 heavy (non-hydrogen) atoms. The zero-order valence-electron chi connectivity index (χ0n) is 12.4. The van der Waals surface area contributed by atoms with Gasteiger partial charge in [-0.2, -0.15) is 5.10 Å². The quantitative estimate of drug-likeness (QED) is 0.909. The van der Waals surface area contributed by atoms with E-state index in [1.807, 2.05) is 12.1 Å². The molecule has 2 saturated heterocycles. The lowest BCUT2D eigenvalue weighted by atomic mass is 9.99. The molecule has 6 nitrogen and oxygen atoms in total. The average Bonchev–Trinajstić information content (AvgIpc) is 3.28. The number of rotatable bonds is 3. The molecule has 0 radical (unpaired) electrons. The van der Waals surface area contributed by atoms with Crippen molar-refractivity contribution in [3.63, 3.8) is 0 Å². The van der Waals surface area contributed by atoms with Gasteiger partial charge in [-0.05, 0) is 37.9 Å². The number of H-pyrrole nitrogens is 1. The van der Waals surface area contributed by atoms with Crippen molar-refractivity contribution in [3.8, 4) is 11.5 Å². The molecule has 2 aliphatic rings. The van der Waals surface area contributed by atoms with E-state index >= 15 is 0 Å². The number of hydrogen-bond donors (Lipinski definition) is 2. The van der Waals surface area contributed by atoms with Crippen molar-refractivity contribution in [3.05, 3.63) is 30.2 Å². The number of aromatic nitrogens is 2. The van der Waals surface area contributed by atoms with Crippen molar-refractivity contribution in [1.82, 2.24) is 20.4 Å². The second-order valence-corrected chi connectivity index (χ2v) is 6.11. The number of fused-ring (bicyclic) bond motifs is 1. The zero-order chi connectivity index (χ0) is 14.9. The highest BCUT2D eigenvalue weighted by Crippen LogP contribution is 2.27. The van der Waals surface area contributed by atoms with Crippen LogP contribution in [0.3, 0.4) is 0 Å². The van der Waals surface area contributed by atoms with Crippen LogP contribution in [-0.2, 0) is 0 Å². The van der Waals surface area contributed by atoms with Crippen molar-refractivity contribution < 1.29 is 9.21 Å². The first-order valence-corrected chi connectivity index (χ1v) is 7.95. The molecule has 2 aromatic rings. The predicted octanol–water partition coefficient (Wildman–Crippen LogP) is 2.03. The Kier molecular flexibility index (Phi) is 3.46. The molecule has 6 heteroatoms. The lowest BCUT2D eigenvalue weighted by Gasteiger charge is -2.32. The number of nitrogens with zero attached hydrogens (tertiary/aromatic N) is 2. The van der Waals surface area contributed by atoms with Gasteiger partial charge in [-0.3, -0.25) is 14.8 Å². The zero-order valence-corrected chi connectivity index (χ0v) is 12.4. The number of amides is 1. The highest BCUT2D eigenvalue weighted by atomic mass is 16.3. The largest absolute Gasteiger partial charge is 0.463 e. The standard InChI is InChI=1S/C16H20N4O2/c21-16(13-10-12(18-19-13)15-5-3-9-22-15)17-11-6-8-20-7-2-1-4-14(11)20/h3,5,9-11,14H,1-2,4,6-8H2,(H,17,21)(H,18,19). The number of carbonyl (C=O) groups excluding carboxylic acids is 1. The van der Waals surface area contributed by atoms with Crippen LogP contribution in [0.5, 0.6) is 0 Å². The van der Waals surface area contributed by atoms with Crippen LogP contribution < -0.4 is 5.32 Å². The summed E-state index contributed by atoms with van der Waals surface area (Å²) >= 11 is 0. The SMILES string of the molecule is O=C(NC1CCN2CCCCC12)c1cc(-c2ccco2)[nH]n1. The molecule has 2 aromatic heterocycles. The lowest BCUT2D eigenvalue weighted by molar-refractivity contribution is 0.0910. The van der Waals surface area contributed by atoms with Crippen LogP contribution in [-0.4, -0.2) is 46.2 Å². The Morgan fingerprint density at radius 2 is 2.32 bits per heavy atom. The Morgan fingerprint density at radius 3 is 3.18 bits per heavy atom. The summed E-state index contributed by atoms with van der Waals surface area (Å²) in [5, 5.41) is 10.1. The topological polar surface area (TPSA) is 74.2 Å². The molecule has 4 rings (SSSR count). The molecular weight excluding hydrogens is 280 g/mol. The Morgan fingerprint density at radius 1 is 1.36 bits per heavy atom. The minimum atomic E-state index is -0.105. The Labute approximate surface area is 128 Å². The summed E-state index contributed by atoms with van der Waals surface area (Å²) in [6.45, 7) is 2.26. The van der Waals surface area contributed by atoms with Gasteiger partial charge in [0.25, 0.3) is 5.91 Å². The van der Waals surface area contributed by atoms with Gasteiger partial charge in [-0.25, -0.2) is 0 Å². The number of carbonyl (C=O) groups is 1. The van der Waals surface area contributed by atoms with Crippen LogP contribution in [0.25, 0.3) is 11.5 Å². The highest BCUT2D eigenvalue weighted by Gasteiger charge is 2.36. The van der Waals surface area contributed by atoms with Gasteiger partial charge in [0, 0.05) is 24.7 Å². The van der Waals surface area contributed by atoms with Crippen LogP contribution >= 0.6 is 0 Å². The normalized spacial score (nSPS) is 25.1. The van der Waals surface area contributed by atoms with Gasteiger partial charge in [0.05, 0.1) is 6.26 Å². The third-order valence-electron chi connectivity index (χ3n) is 4.77. The Bertz CT molecular complexity index is 649. The molecule has 2 unspecified atom stereocenters. The second kappa shape index (κ2) is 5.61. The van der Waals surface area contributed by atoms with Crippen molar-refractivity contribution in [2.75, 3.05) is 13.1 Å². The fraction of sp³-hybridized carbons (Fsp3) is 0.500. The van der Waals surface area contributed by atoms with E-state index < -0.39 is 0 Å². The summed E-state index contributed by atoms with van der Waals surface area (Å²) < 4.78 is 5.31. The monoisotopic (exact) mass is 300 g/mol. The maximum atomic E-state index is 12.4. The van der Waals surface area contributed by atoms with E-state index in [0.717, 1.165) is 18.7 Å². The van der Waals surface area contributed by atoms with Crippen LogP contribution in [0.2, 0.25) is 0 Å². The summed E-state index contributed by atoms with van der Waals surface area (Å²) in [4.78, 5) is 14.9. The molecular formula is C16H20N4O2. The summed E-state index contributed by atoms with van der Waals surface area (Å²) in [6, 6.07) is 6.14. The van der Waals surface area contributed by atoms with Crippen LogP contribution in [0.4, 0.5) is 0 Å². The fourth-order valence-corrected chi connectivity index (χ4v) is 3.65. The Balaban J connectivity index is 1.44. The minimum Gasteiger partial charge on any atom is -0.463 e. The van der Waals surface area contributed by atoms with Crippen LogP contribution in [0.1, 0.15) is 36.2 Å². The molecule has 0 aliphatic carbocycles. The maximum Gasteiger partial charge on any atom is 0.272 e. The molecule has 2 N–H and O–H groups in total. The molecule has 116 valence electrons. The molecule has 1 amide bonds. The number of furan rings is 1. The minimum absolute atomic E-state index is 0.105. The van der Waals surface area contributed by atoms with Gasteiger partial charge in [-0.15, -0.1) is 0 Å². The van der Waals surface area contributed by atoms with Crippen LogP contribution in [0.15, 0.2) is 28.9 Å². The summed E-state index contributed by atoms with van der Waals surface area (Å²) in [5.41, 5.74) is 1.14. The van der Waals surface area contributed by atoms with E-state index in [0.29, 0.717) is 17.5 Å². The van der Waals surface area contributed by atoms with Crippen LogP contribution in [0, 0.1) is 0 Å².